The maximum absolute atomic E-state index is 12.5. The number of aryl methyl sites for hydroxylation is 2. The van der Waals surface area contributed by atoms with E-state index in [1.165, 1.54) is 4.40 Å². The van der Waals surface area contributed by atoms with Crippen molar-refractivity contribution in [1.29, 1.82) is 0 Å². The highest BCUT2D eigenvalue weighted by Crippen LogP contribution is 2.15. The zero-order chi connectivity index (χ0) is 15.6. The molecule has 2 aromatic rings. The smallest absolute Gasteiger partial charge is 0.281 e. The van der Waals surface area contributed by atoms with E-state index in [0.29, 0.717) is 11.3 Å². The number of nitrogens with zero attached hydrogens (tertiary/aromatic N) is 2. The van der Waals surface area contributed by atoms with Crippen molar-refractivity contribution in [3.05, 3.63) is 39.9 Å². The summed E-state index contributed by atoms with van der Waals surface area (Å²) in [5.74, 6) is -0.198. The Morgan fingerprint density at radius 1 is 1.33 bits per heavy atom. The van der Waals surface area contributed by atoms with E-state index in [4.69, 9.17) is 0 Å². The molecular formula is C16H21N3O2. The first-order chi connectivity index (χ1) is 9.99. The molecule has 0 fully saturated rings. The molecule has 1 amide bonds. The zero-order valence-corrected chi connectivity index (χ0v) is 12.9. The highest BCUT2D eigenvalue weighted by atomic mass is 16.2. The maximum Gasteiger partial charge on any atom is 0.281 e. The molecule has 0 spiro atoms. The summed E-state index contributed by atoms with van der Waals surface area (Å²) in [4.78, 5) is 29.2. The van der Waals surface area contributed by atoms with Crippen LogP contribution < -0.4 is 10.9 Å². The minimum Gasteiger partial charge on any atom is -0.320 e. The molecule has 0 aromatic carbocycles. The minimum atomic E-state index is -0.236. The van der Waals surface area contributed by atoms with Crippen LogP contribution in [0.1, 0.15) is 37.9 Å². The van der Waals surface area contributed by atoms with Crippen molar-refractivity contribution >= 4 is 17.2 Å². The highest BCUT2D eigenvalue weighted by Gasteiger charge is 2.18. The van der Waals surface area contributed by atoms with E-state index in [1.54, 1.807) is 19.2 Å². The lowest BCUT2D eigenvalue weighted by Gasteiger charge is -2.14. The standard InChI is InChI=1S/C16H21N3O2/c1-5-12(6-2)15(20)18-13-11(4)17-14-10(3)8-7-9-19(14)16(13)21/h7-9,12H,5-6H2,1-4H3,(H,18,20). The largest absolute Gasteiger partial charge is 0.320 e. The van der Waals surface area contributed by atoms with Crippen LogP contribution in [0.5, 0.6) is 0 Å². The monoisotopic (exact) mass is 287 g/mol. The van der Waals surface area contributed by atoms with Gasteiger partial charge in [0.05, 0.1) is 5.69 Å². The number of rotatable bonds is 4. The maximum atomic E-state index is 12.5. The van der Waals surface area contributed by atoms with E-state index < -0.39 is 0 Å². The molecule has 21 heavy (non-hydrogen) atoms. The Morgan fingerprint density at radius 3 is 2.62 bits per heavy atom. The molecule has 5 heteroatoms. The number of nitrogens with one attached hydrogen (secondary N) is 1. The van der Waals surface area contributed by atoms with E-state index >= 15 is 0 Å². The Morgan fingerprint density at radius 2 is 2.00 bits per heavy atom. The van der Waals surface area contributed by atoms with Crippen molar-refractivity contribution in [2.24, 2.45) is 5.92 Å². The number of fused-ring (bicyclic) bond motifs is 1. The molecule has 5 nitrogen and oxygen atoms in total. The molecule has 0 bridgehead atoms. The number of hydrogen-bond donors (Lipinski definition) is 1. The van der Waals surface area contributed by atoms with Crippen molar-refractivity contribution in [3.63, 3.8) is 0 Å². The molecule has 0 unspecified atom stereocenters. The van der Waals surface area contributed by atoms with Gasteiger partial charge in [-0.3, -0.25) is 14.0 Å². The molecular weight excluding hydrogens is 266 g/mol. The molecule has 0 radical (unpaired) electrons. The third kappa shape index (κ3) is 2.82. The first kappa shape index (κ1) is 15.2. The van der Waals surface area contributed by atoms with Crippen molar-refractivity contribution in [1.82, 2.24) is 9.38 Å². The highest BCUT2D eigenvalue weighted by molar-refractivity contribution is 5.92. The van der Waals surface area contributed by atoms with Crippen molar-refractivity contribution in [2.75, 3.05) is 5.32 Å². The summed E-state index contributed by atoms with van der Waals surface area (Å²) < 4.78 is 1.48. The lowest BCUT2D eigenvalue weighted by Crippen LogP contribution is -2.28. The van der Waals surface area contributed by atoms with Crippen molar-refractivity contribution < 1.29 is 4.79 Å². The molecule has 0 aliphatic heterocycles. The molecule has 0 atom stereocenters. The van der Waals surface area contributed by atoms with Gasteiger partial charge in [0.15, 0.2) is 0 Å². The van der Waals surface area contributed by atoms with Crippen LogP contribution in [0.25, 0.3) is 5.65 Å². The summed E-state index contributed by atoms with van der Waals surface area (Å²) in [7, 11) is 0. The molecule has 2 heterocycles. The SMILES string of the molecule is CCC(CC)C(=O)Nc1c(C)nc2c(C)cccn2c1=O. The molecule has 1 N–H and O–H groups in total. The Hall–Kier alpha value is -2.17. The third-order valence-electron chi connectivity index (χ3n) is 3.83. The fraction of sp³-hybridized carbons (Fsp3) is 0.438. The van der Waals surface area contributed by atoms with Gasteiger partial charge in [0.2, 0.25) is 5.91 Å². The van der Waals surface area contributed by atoms with Crippen LogP contribution in [0.4, 0.5) is 5.69 Å². The fourth-order valence-corrected chi connectivity index (χ4v) is 2.43. The Balaban J connectivity index is 2.51. The van der Waals surface area contributed by atoms with Gasteiger partial charge in [-0.25, -0.2) is 4.98 Å². The molecule has 0 aliphatic rings. The molecule has 0 saturated carbocycles. The first-order valence-electron chi connectivity index (χ1n) is 7.29. The van der Waals surface area contributed by atoms with Gasteiger partial charge in [0.1, 0.15) is 11.3 Å². The molecule has 112 valence electrons. The van der Waals surface area contributed by atoms with Gasteiger partial charge in [0.25, 0.3) is 5.56 Å². The van der Waals surface area contributed by atoms with E-state index in [9.17, 15) is 9.59 Å². The van der Waals surface area contributed by atoms with Gasteiger partial charge in [-0.1, -0.05) is 19.9 Å². The van der Waals surface area contributed by atoms with E-state index in [0.717, 1.165) is 18.4 Å². The number of amides is 1. The molecule has 0 saturated heterocycles. The lowest BCUT2D eigenvalue weighted by atomic mass is 10.0. The van der Waals surface area contributed by atoms with Crippen LogP contribution in [-0.4, -0.2) is 15.3 Å². The summed E-state index contributed by atoms with van der Waals surface area (Å²) in [6.07, 6.45) is 3.18. The van der Waals surface area contributed by atoms with Gasteiger partial charge in [0, 0.05) is 12.1 Å². The predicted molar refractivity (Wildman–Crippen MR) is 83.6 cm³/mol. The number of pyridine rings is 1. The van der Waals surface area contributed by atoms with Gasteiger partial charge >= 0.3 is 0 Å². The van der Waals surface area contributed by atoms with Crippen LogP contribution in [-0.2, 0) is 4.79 Å². The molecule has 2 rings (SSSR count). The normalized spacial score (nSPS) is 11.1. The van der Waals surface area contributed by atoms with Crippen LogP contribution in [0.3, 0.4) is 0 Å². The molecule has 0 aliphatic carbocycles. The van der Waals surface area contributed by atoms with Crippen molar-refractivity contribution in [3.8, 4) is 0 Å². The fourth-order valence-electron chi connectivity index (χ4n) is 2.43. The van der Waals surface area contributed by atoms with Crippen LogP contribution in [0.2, 0.25) is 0 Å². The zero-order valence-electron chi connectivity index (χ0n) is 12.9. The van der Waals surface area contributed by atoms with E-state index in [1.807, 2.05) is 26.8 Å². The van der Waals surface area contributed by atoms with Crippen LogP contribution in [0, 0.1) is 19.8 Å². The Labute approximate surface area is 124 Å². The second kappa shape index (κ2) is 6.08. The number of aromatic nitrogens is 2. The summed E-state index contributed by atoms with van der Waals surface area (Å²) in [5, 5.41) is 2.76. The second-order valence-corrected chi connectivity index (χ2v) is 5.26. The minimum absolute atomic E-state index is 0.0815. The van der Waals surface area contributed by atoms with Gasteiger partial charge < -0.3 is 5.32 Å². The quantitative estimate of drug-likeness (QED) is 0.940. The summed E-state index contributed by atoms with van der Waals surface area (Å²) >= 11 is 0. The summed E-state index contributed by atoms with van der Waals surface area (Å²) in [5.41, 5.74) is 2.14. The Bertz CT molecular complexity index is 730. The summed E-state index contributed by atoms with van der Waals surface area (Å²) in [6.45, 7) is 7.59. The predicted octanol–water partition coefficient (Wildman–Crippen LogP) is 2.69. The topological polar surface area (TPSA) is 63.5 Å². The first-order valence-corrected chi connectivity index (χ1v) is 7.29. The average molecular weight is 287 g/mol. The number of hydrogen-bond acceptors (Lipinski definition) is 3. The van der Waals surface area contributed by atoms with Crippen LogP contribution in [0.15, 0.2) is 23.1 Å². The summed E-state index contributed by atoms with van der Waals surface area (Å²) in [6, 6.07) is 3.71. The Kier molecular flexibility index (Phi) is 4.40. The van der Waals surface area contributed by atoms with Gasteiger partial charge in [-0.05, 0) is 38.3 Å². The van der Waals surface area contributed by atoms with Crippen LogP contribution >= 0.6 is 0 Å². The lowest BCUT2D eigenvalue weighted by molar-refractivity contribution is -0.120. The van der Waals surface area contributed by atoms with Gasteiger partial charge in [-0.2, -0.15) is 0 Å². The van der Waals surface area contributed by atoms with Crippen molar-refractivity contribution in [2.45, 2.75) is 40.5 Å². The number of carbonyl (C=O) groups is 1. The van der Waals surface area contributed by atoms with E-state index in [-0.39, 0.29) is 23.1 Å². The molecule has 2 aromatic heterocycles. The number of carbonyl (C=O) groups excluding carboxylic acids is 1. The van der Waals surface area contributed by atoms with E-state index in [2.05, 4.69) is 10.3 Å². The third-order valence-corrected chi connectivity index (χ3v) is 3.83. The second-order valence-electron chi connectivity index (χ2n) is 5.26. The number of anilines is 1. The van der Waals surface area contributed by atoms with Gasteiger partial charge in [-0.15, -0.1) is 0 Å². The average Bonchev–Trinajstić information content (AvgIpc) is 2.46.